The lowest BCUT2D eigenvalue weighted by molar-refractivity contribution is 0.341. The highest BCUT2D eigenvalue weighted by molar-refractivity contribution is 6.02. The number of aliphatic imine (C=N–C) groups is 1. The molecule has 1 nitrogen and oxygen atoms in total. The molecule has 0 spiro atoms. The third kappa shape index (κ3) is 1.56. The minimum Gasteiger partial charge on any atom is -0.286 e. The number of dihydropyridines is 1. The second-order valence-corrected chi connectivity index (χ2v) is 5.40. The summed E-state index contributed by atoms with van der Waals surface area (Å²) in [6.07, 6.45) is 10.9. The molecule has 2 atom stereocenters. The zero-order valence-corrected chi connectivity index (χ0v) is 9.76. The largest absolute Gasteiger partial charge is 0.286 e. The summed E-state index contributed by atoms with van der Waals surface area (Å²) in [6, 6.07) is 0.663. The molecule has 3 aliphatic rings. The van der Waals surface area contributed by atoms with E-state index in [-0.39, 0.29) is 0 Å². The molecule has 2 unspecified atom stereocenters. The molecule has 2 saturated carbocycles. The van der Waals surface area contributed by atoms with Crippen LogP contribution in [0.4, 0.5) is 0 Å². The van der Waals surface area contributed by atoms with Crippen LogP contribution in [0.2, 0.25) is 0 Å². The van der Waals surface area contributed by atoms with E-state index in [1.807, 2.05) is 0 Å². The first-order valence-electron chi connectivity index (χ1n) is 6.63. The Morgan fingerprint density at radius 2 is 1.80 bits per heavy atom. The Morgan fingerprint density at radius 3 is 2.73 bits per heavy atom. The van der Waals surface area contributed by atoms with E-state index >= 15 is 0 Å². The molecule has 0 bridgehead atoms. The summed E-state index contributed by atoms with van der Waals surface area (Å²) in [5.41, 5.74) is 4.86. The van der Waals surface area contributed by atoms with E-state index in [4.69, 9.17) is 4.99 Å². The molecular formula is C14H21N. The minimum atomic E-state index is 0.663. The first kappa shape index (κ1) is 9.62. The zero-order valence-electron chi connectivity index (χ0n) is 9.76. The van der Waals surface area contributed by atoms with Crippen molar-refractivity contribution in [1.29, 1.82) is 0 Å². The molecule has 0 aromatic carbocycles. The topological polar surface area (TPSA) is 12.4 Å². The van der Waals surface area contributed by atoms with E-state index in [2.05, 4.69) is 6.92 Å². The fourth-order valence-corrected chi connectivity index (χ4v) is 3.65. The summed E-state index contributed by atoms with van der Waals surface area (Å²) in [7, 11) is 0. The molecule has 0 aromatic heterocycles. The third-order valence-corrected chi connectivity index (χ3v) is 4.52. The van der Waals surface area contributed by atoms with Gasteiger partial charge in [0.2, 0.25) is 0 Å². The van der Waals surface area contributed by atoms with Crippen LogP contribution in [0.15, 0.2) is 16.1 Å². The standard InChI is InChI=1S/C14H21N/c1-10-11-6-2-4-8-13(11)15-14-9-5-3-7-12(10)14/h11,13H,2-9H2,1H3. The monoisotopic (exact) mass is 203 g/mol. The predicted molar refractivity (Wildman–Crippen MR) is 64.3 cm³/mol. The summed E-state index contributed by atoms with van der Waals surface area (Å²) < 4.78 is 0. The van der Waals surface area contributed by atoms with Gasteiger partial charge in [0.1, 0.15) is 0 Å². The number of nitrogens with zero attached hydrogens (tertiary/aromatic N) is 1. The van der Waals surface area contributed by atoms with Crippen LogP contribution in [0, 0.1) is 5.92 Å². The fraction of sp³-hybridized carbons (Fsp3) is 0.786. The quantitative estimate of drug-likeness (QED) is 0.566. The smallest absolute Gasteiger partial charge is 0.0568 e. The third-order valence-electron chi connectivity index (χ3n) is 4.52. The van der Waals surface area contributed by atoms with Crippen LogP contribution in [0.25, 0.3) is 0 Å². The van der Waals surface area contributed by atoms with E-state index in [0.717, 1.165) is 5.92 Å². The molecule has 15 heavy (non-hydrogen) atoms. The van der Waals surface area contributed by atoms with E-state index < -0.39 is 0 Å². The number of fused-ring (bicyclic) bond motifs is 2. The predicted octanol–water partition coefficient (Wildman–Crippen LogP) is 3.89. The average Bonchev–Trinajstić information content (AvgIpc) is 2.30. The van der Waals surface area contributed by atoms with Gasteiger partial charge in [-0.15, -0.1) is 0 Å². The van der Waals surface area contributed by atoms with Gasteiger partial charge in [0.05, 0.1) is 6.04 Å². The van der Waals surface area contributed by atoms with E-state index in [9.17, 15) is 0 Å². The molecule has 3 rings (SSSR count). The van der Waals surface area contributed by atoms with Crippen LogP contribution in [-0.4, -0.2) is 11.8 Å². The molecule has 0 aromatic rings. The summed E-state index contributed by atoms with van der Waals surface area (Å²) in [6.45, 7) is 2.39. The van der Waals surface area contributed by atoms with Gasteiger partial charge in [-0.05, 0) is 51.0 Å². The number of hydrogen-bond donors (Lipinski definition) is 0. The van der Waals surface area contributed by atoms with Crippen LogP contribution in [-0.2, 0) is 0 Å². The van der Waals surface area contributed by atoms with Crippen molar-refractivity contribution in [1.82, 2.24) is 0 Å². The fourth-order valence-electron chi connectivity index (χ4n) is 3.65. The summed E-state index contributed by atoms with van der Waals surface area (Å²) in [5, 5.41) is 0. The molecule has 0 radical (unpaired) electrons. The maximum Gasteiger partial charge on any atom is 0.0568 e. The minimum absolute atomic E-state index is 0.663. The second-order valence-electron chi connectivity index (χ2n) is 5.40. The highest BCUT2D eigenvalue weighted by atomic mass is 14.8. The maximum atomic E-state index is 5.04. The van der Waals surface area contributed by atoms with Crippen molar-refractivity contribution in [3.05, 3.63) is 11.1 Å². The van der Waals surface area contributed by atoms with Crippen LogP contribution in [0.3, 0.4) is 0 Å². The van der Waals surface area contributed by atoms with Gasteiger partial charge in [0, 0.05) is 11.6 Å². The lowest BCUT2D eigenvalue weighted by Gasteiger charge is -2.37. The first-order chi connectivity index (χ1) is 7.36. The van der Waals surface area contributed by atoms with Crippen molar-refractivity contribution in [3.8, 4) is 0 Å². The van der Waals surface area contributed by atoms with Gasteiger partial charge in [-0.2, -0.15) is 0 Å². The van der Waals surface area contributed by atoms with Crippen LogP contribution < -0.4 is 0 Å². The van der Waals surface area contributed by atoms with Crippen molar-refractivity contribution >= 4 is 5.71 Å². The van der Waals surface area contributed by atoms with E-state index in [0.29, 0.717) is 6.04 Å². The average molecular weight is 203 g/mol. The highest BCUT2D eigenvalue weighted by Crippen LogP contribution is 2.40. The Labute approximate surface area is 92.7 Å². The zero-order chi connectivity index (χ0) is 10.3. The van der Waals surface area contributed by atoms with E-state index in [1.54, 1.807) is 11.1 Å². The normalized spacial score (nSPS) is 35.7. The lowest BCUT2D eigenvalue weighted by atomic mass is 9.74. The summed E-state index contributed by atoms with van der Waals surface area (Å²) in [4.78, 5) is 5.04. The number of hydrogen-bond acceptors (Lipinski definition) is 1. The summed E-state index contributed by atoms with van der Waals surface area (Å²) >= 11 is 0. The van der Waals surface area contributed by atoms with Gasteiger partial charge in [0.25, 0.3) is 0 Å². The van der Waals surface area contributed by atoms with Crippen molar-refractivity contribution in [2.24, 2.45) is 10.9 Å². The number of allylic oxidation sites excluding steroid dienone is 1. The van der Waals surface area contributed by atoms with Crippen molar-refractivity contribution in [2.45, 2.75) is 64.3 Å². The second kappa shape index (κ2) is 3.77. The summed E-state index contributed by atoms with van der Waals surface area (Å²) in [5.74, 6) is 0.815. The maximum absolute atomic E-state index is 5.04. The molecule has 0 saturated heterocycles. The van der Waals surface area contributed by atoms with Crippen LogP contribution in [0.5, 0.6) is 0 Å². The molecule has 1 heterocycles. The van der Waals surface area contributed by atoms with Gasteiger partial charge < -0.3 is 0 Å². The van der Waals surface area contributed by atoms with E-state index in [1.165, 1.54) is 57.1 Å². The molecule has 0 amide bonds. The SMILES string of the molecule is CC1=C2CCCCC2=NC2CCCCC12. The first-order valence-corrected chi connectivity index (χ1v) is 6.63. The Bertz CT molecular complexity index is 324. The van der Waals surface area contributed by atoms with Gasteiger partial charge in [0.15, 0.2) is 0 Å². The Kier molecular flexibility index (Phi) is 2.42. The van der Waals surface area contributed by atoms with Crippen molar-refractivity contribution in [2.75, 3.05) is 0 Å². The molecule has 2 fully saturated rings. The van der Waals surface area contributed by atoms with Crippen molar-refractivity contribution < 1.29 is 0 Å². The van der Waals surface area contributed by atoms with Gasteiger partial charge in [-0.1, -0.05) is 18.4 Å². The Hall–Kier alpha value is -0.590. The molecule has 82 valence electrons. The molecule has 2 aliphatic carbocycles. The van der Waals surface area contributed by atoms with Gasteiger partial charge >= 0.3 is 0 Å². The lowest BCUT2D eigenvalue weighted by Crippen LogP contribution is -2.32. The van der Waals surface area contributed by atoms with Crippen molar-refractivity contribution in [3.63, 3.8) is 0 Å². The molecule has 0 N–H and O–H groups in total. The Morgan fingerprint density at radius 1 is 1.00 bits per heavy atom. The Balaban J connectivity index is 1.95. The molecule has 1 heteroatoms. The van der Waals surface area contributed by atoms with Gasteiger partial charge in [-0.3, -0.25) is 4.99 Å². The number of rotatable bonds is 0. The van der Waals surface area contributed by atoms with Gasteiger partial charge in [-0.25, -0.2) is 0 Å². The van der Waals surface area contributed by atoms with Crippen LogP contribution >= 0.6 is 0 Å². The molecule has 1 aliphatic heterocycles. The molecular weight excluding hydrogens is 182 g/mol. The van der Waals surface area contributed by atoms with Crippen LogP contribution in [0.1, 0.15) is 58.3 Å². The highest BCUT2D eigenvalue weighted by Gasteiger charge is 2.33.